The number of carbonyl (C=O) groups is 1. The molecule has 0 aliphatic heterocycles. The van der Waals surface area contributed by atoms with E-state index in [1.165, 1.54) is 60.7 Å². The maximum Gasteiger partial charge on any atom is 0.296 e. The van der Waals surface area contributed by atoms with Gasteiger partial charge in [0, 0.05) is 39.5 Å². The number of anilines is 4. The highest BCUT2D eigenvalue weighted by molar-refractivity contribution is 7.86. The van der Waals surface area contributed by atoms with Crippen LogP contribution >= 0.6 is 0 Å². The minimum atomic E-state index is -5.25. The zero-order chi connectivity index (χ0) is 48.6. The second-order valence-corrected chi connectivity index (χ2v) is 18.6. The molecule has 0 aliphatic carbocycles. The summed E-state index contributed by atoms with van der Waals surface area (Å²) in [6.45, 7) is 0. The zero-order valence-electron chi connectivity index (χ0n) is 33.6. The minimum Gasteiger partial charge on any atom is -0.740 e. The van der Waals surface area contributed by atoms with Gasteiger partial charge in [0.15, 0.2) is 22.9 Å². The number of rotatable bonds is 14. The van der Waals surface area contributed by atoms with Crippen molar-refractivity contribution < 1.29 is 71.6 Å². The molecule has 27 heteroatoms. The summed E-state index contributed by atoms with van der Waals surface area (Å²) in [4.78, 5) is 10.1. The standard InChI is InChI=1S/C40H31N7O16S4/c1-62-31-18-30(34(66(56,57)58)19-29(31)44-47-37-35(67(59,60)61)16-21-13-23(41)7-10-26(21)39(37)49)45-46-36-32(63-64(51)52)15-22-14-24(8-11-27(22)38(36)48)42-25-9-12-28(33(17-25)65(53,54)55)43-40(50)20-5-3-2-4-6-20/h2-19,42,48-49H,41H2,1H3,(H,43,50)(H,51,52)(H,53,54,55)(H,56,57,58)(H,59,60,61)/p-1. The number of amides is 1. The SMILES string of the molecule is COc1cc(N=Nc2c(OS(=O)[O-])cc3cc(Nc4ccc(NC(=O)c5ccccc5)c(S(=O)(=O)O)c4)ccc3c2O)c(S(=O)(=O)O)cc1N=Nc1c(S(=O)(=O)O)cc2cc(N)ccc2c1O. The van der Waals surface area contributed by atoms with Crippen LogP contribution in [0.4, 0.5) is 45.5 Å². The molecule has 1 atom stereocenters. The van der Waals surface area contributed by atoms with Crippen molar-refractivity contribution in [1.82, 2.24) is 0 Å². The van der Waals surface area contributed by atoms with E-state index in [9.17, 15) is 62.7 Å². The molecular formula is C40H30N7O16S4-. The Bertz CT molecular complexity index is 3610. The Balaban J connectivity index is 1.24. The monoisotopic (exact) mass is 992 g/mol. The molecule has 0 bridgehead atoms. The van der Waals surface area contributed by atoms with Crippen molar-refractivity contribution in [2.24, 2.45) is 20.5 Å². The molecule has 7 aromatic rings. The van der Waals surface area contributed by atoms with Gasteiger partial charge in [-0.15, -0.1) is 20.5 Å². The van der Waals surface area contributed by atoms with Crippen LogP contribution < -0.4 is 25.3 Å². The predicted molar refractivity (Wildman–Crippen MR) is 240 cm³/mol. The van der Waals surface area contributed by atoms with Gasteiger partial charge in [0.2, 0.25) is 0 Å². The van der Waals surface area contributed by atoms with E-state index in [2.05, 4.69) is 31.1 Å². The van der Waals surface area contributed by atoms with E-state index in [-0.39, 0.29) is 55.6 Å². The van der Waals surface area contributed by atoms with E-state index in [1.54, 1.807) is 18.2 Å². The molecule has 0 aliphatic rings. The Morgan fingerprint density at radius 3 is 1.87 bits per heavy atom. The normalized spacial score (nSPS) is 12.7. The van der Waals surface area contributed by atoms with E-state index in [0.717, 1.165) is 31.4 Å². The number of azo groups is 2. The first-order valence-corrected chi connectivity index (χ1v) is 23.7. The van der Waals surface area contributed by atoms with Crippen molar-refractivity contribution >= 4 is 115 Å². The summed E-state index contributed by atoms with van der Waals surface area (Å²) < 4.78 is 138. The van der Waals surface area contributed by atoms with Crippen LogP contribution in [0.2, 0.25) is 0 Å². The molecule has 0 fully saturated rings. The van der Waals surface area contributed by atoms with Crippen LogP contribution in [0.25, 0.3) is 21.5 Å². The summed E-state index contributed by atoms with van der Waals surface area (Å²) >= 11 is -3.30. The number of carbonyl (C=O) groups excluding carboxylic acids is 1. The fourth-order valence-electron chi connectivity index (χ4n) is 6.47. The van der Waals surface area contributed by atoms with E-state index in [4.69, 9.17) is 14.7 Å². The van der Waals surface area contributed by atoms with Gasteiger partial charge < -0.3 is 40.1 Å². The van der Waals surface area contributed by atoms with Crippen LogP contribution in [0.15, 0.2) is 144 Å². The third kappa shape index (κ3) is 10.4. The van der Waals surface area contributed by atoms with Crippen LogP contribution in [0, 0.1) is 0 Å². The molecule has 0 heterocycles. The lowest BCUT2D eigenvalue weighted by Crippen LogP contribution is -2.14. The first-order chi connectivity index (χ1) is 31.5. The van der Waals surface area contributed by atoms with Gasteiger partial charge >= 0.3 is 0 Å². The number of phenolic OH excluding ortho intramolecular Hbond substituents is 2. The number of ether oxygens (including phenoxy) is 1. The molecule has 67 heavy (non-hydrogen) atoms. The highest BCUT2D eigenvalue weighted by Gasteiger charge is 2.25. The van der Waals surface area contributed by atoms with Gasteiger partial charge in [0.05, 0.1) is 12.8 Å². The van der Waals surface area contributed by atoms with Crippen LogP contribution in [-0.4, -0.2) is 70.9 Å². The van der Waals surface area contributed by atoms with Gasteiger partial charge in [-0.2, -0.15) is 25.3 Å². The average Bonchev–Trinajstić information content (AvgIpc) is 3.25. The molecule has 7 aromatic carbocycles. The van der Waals surface area contributed by atoms with Gasteiger partial charge in [0.25, 0.3) is 36.3 Å². The van der Waals surface area contributed by atoms with Crippen LogP contribution in [-0.2, 0) is 41.7 Å². The van der Waals surface area contributed by atoms with Crippen LogP contribution in [0.1, 0.15) is 10.4 Å². The summed E-state index contributed by atoms with van der Waals surface area (Å²) in [7, 11) is -14.1. The number of hydrogen-bond donors (Lipinski definition) is 8. The Hall–Kier alpha value is -7.63. The molecule has 0 saturated heterocycles. The average molecular weight is 993 g/mol. The van der Waals surface area contributed by atoms with Gasteiger partial charge in [-0.1, -0.05) is 18.2 Å². The molecule has 346 valence electrons. The minimum absolute atomic E-state index is 0.00542. The number of nitrogen functional groups attached to an aromatic ring is 1. The van der Waals surface area contributed by atoms with Crippen LogP contribution in [0.5, 0.6) is 23.0 Å². The number of benzene rings is 7. The Morgan fingerprint density at radius 2 is 1.22 bits per heavy atom. The Morgan fingerprint density at radius 1 is 0.642 bits per heavy atom. The molecule has 0 radical (unpaired) electrons. The van der Waals surface area contributed by atoms with Crippen molar-refractivity contribution in [3.63, 3.8) is 0 Å². The second-order valence-electron chi connectivity index (χ2n) is 13.8. The maximum atomic E-state index is 12.7. The summed E-state index contributed by atoms with van der Waals surface area (Å²) in [5.41, 5.74) is 3.62. The molecule has 7 rings (SSSR count). The highest BCUT2D eigenvalue weighted by Crippen LogP contribution is 2.47. The number of hydrogen-bond acceptors (Lipinski definition) is 19. The van der Waals surface area contributed by atoms with Crippen molar-refractivity contribution in [2.45, 2.75) is 14.7 Å². The summed E-state index contributed by atoms with van der Waals surface area (Å²) in [6, 6.07) is 23.2. The van der Waals surface area contributed by atoms with Gasteiger partial charge in [0.1, 0.15) is 48.9 Å². The molecule has 1 unspecified atom stereocenters. The first-order valence-electron chi connectivity index (χ1n) is 18.4. The maximum absolute atomic E-state index is 12.7. The van der Waals surface area contributed by atoms with Crippen molar-refractivity contribution in [1.29, 1.82) is 0 Å². The fraction of sp³-hybridized carbons (Fsp3) is 0.0250. The lowest BCUT2D eigenvalue weighted by molar-refractivity contribution is 0.102. The number of methoxy groups -OCH3 is 1. The van der Waals surface area contributed by atoms with Gasteiger partial charge in [-0.25, -0.2) is 4.21 Å². The molecule has 23 nitrogen and oxygen atoms in total. The second kappa shape index (κ2) is 18.3. The summed E-state index contributed by atoms with van der Waals surface area (Å²) in [6.07, 6.45) is 0. The summed E-state index contributed by atoms with van der Waals surface area (Å²) in [5.74, 6) is -3.16. The van der Waals surface area contributed by atoms with Crippen LogP contribution in [0.3, 0.4) is 0 Å². The predicted octanol–water partition coefficient (Wildman–Crippen LogP) is 7.73. The number of fused-ring (bicyclic) bond motifs is 2. The number of nitrogens with zero attached hydrogens (tertiary/aromatic N) is 4. The smallest absolute Gasteiger partial charge is 0.296 e. The molecular weight excluding hydrogens is 963 g/mol. The molecule has 1 amide bonds. The summed E-state index contributed by atoms with van der Waals surface area (Å²) in [5, 5.41) is 43.1. The Kier molecular flexibility index (Phi) is 13.0. The highest BCUT2D eigenvalue weighted by atomic mass is 32.2. The number of aromatic hydroxyl groups is 2. The van der Waals surface area contributed by atoms with Gasteiger partial charge in [-0.05, 0) is 95.7 Å². The quantitative estimate of drug-likeness (QED) is 0.0223. The van der Waals surface area contributed by atoms with Gasteiger partial charge in [-0.3, -0.25) is 18.5 Å². The van der Waals surface area contributed by atoms with E-state index in [1.807, 2.05) is 0 Å². The number of phenols is 2. The lowest BCUT2D eigenvalue weighted by atomic mass is 10.1. The molecule has 0 saturated carbocycles. The fourth-order valence-corrected chi connectivity index (χ4v) is 8.70. The zero-order valence-corrected chi connectivity index (χ0v) is 36.9. The van der Waals surface area contributed by atoms with Crippen molar-refractivity contribution in [3.05, 3.63) is 115 Å². The van der Waals surface area contributed by atoms with E-state index in [0.29, 0.717) is 6.07 Å². The first kappa shape index (κ1) is 47.3. The van der Waals surface area contributed by atoms with E-state index < -0.39 is 102 Å². The number of nitrogens with one attached hydrogen (secondary N) is 2. The van der Waals surface area contributed by atoms with Crippen molar-refractivity contribution in [2.75, 3.05) is 23.5 Å². The van der Waals surface area contributed by atoms with E-state index >= 15 is 0 Å². The topological polar surface area (TPSA) is 379 Å². The number of nitrogens with two attached hydrogens (primary N) is 1. The largest absolute Gasteiger partial charge is 0.740 e. The Labute approximate surface area is 381 Å². The lowest BCUT2D eigenvalue weighted by Gasteiger charge is -2.15. The molecule has 0 aromatic heterocycles. The third-order valence-electron chi connectivity index (χ3n) is 9.45. The third-order valence-corrected chi connectivity index (χ3v) is 12.4. The van der Waals surface area contributed by atoms with Crippen molar-refractivity contribution in [3.8, 4) is 23.0 Å². The molecule has 0 spiro atoms. The molecule has 9 N–H and O–H groups in total.